The third-order valence-corrected chi connectivity index (χ3v) is 4.12. The molecular formula is C19H21BrN2O3S. The number of carbonyl (C=O) groups is 1. The number of thiocarbonyl (C=S) groups is 1. The van der Waals surface area contributed by atoms with Crippen LogP contribution >= 0.6 is 28.1 Å². The summed E-state index contributed by atoms with van der Waals surface area (Å²) in [5.41, 5.74) is 1.43. The molecule has 0 unspecified atom stereocenters. The Morgan fingerprint density at radius 1 is 1.19 bits per heavy atom. The molecule has 26 heavy (non-hydrogen) atoms. The Labute approximate surface area is 167 Å². The fourth-order valence-electron chi connectivity index (χ4n) is 2.21. The quantitative estimate of drug-likeness (QED) is 0.668. The third kappa shape index (κ3) is 6.00. The number of benzene rings is 2. The molecular weight excluding hydrogens is 416 g/mol. The molecule has 0 saturated heterocycles. The Morgan fingerprint density at radius 2 is 1.88 bits per heavy atom. The number of amides is 1. The minimum atomic E-state index is -0.332. The first-order valence-corrected chi connectivity index (χ1v) is 9.27. The van der Waals surface area contributed by atoms with Crippen molar-refractivity contribution in [2.75, 3.05) is 7.11 Å². The Hall–Kier alpha value is -2.12. The van der Waals surface area contributed by atoms with Gasteiger partial charge in [-0.2, -0.15) is 0 Å². The van der Waals surface area contributed by atoms with Crippen molar-refractivity contribution in [3.63, 3.8) is 0 Å². The van der Waals surface area contributed by atoms with Gasteiger partial charge in [0.2, 0.25) is 0 Å². The van der Waals surface area contributed by atoms with Gasteiger partial charge in [-0.1, -0.05) is 28.1 Å². The molecule has 1 amide bonds. The smallest absolute Gasteiger partial charge is 0.261 e. The van der Waals surface area contributed by atoms with E-state index >= 15 is 0 Å². The van der Waals surface area contributed by atoms with E-state index in [1.54, 1.807) is 18.2 Å². The molecule has 2 aromatic carbocycles. The molecule has 0 bridgehead atoms. The van der Waals surface area contributed by atoms with Crippen molar-refractivity contribution >= 4 is 39.2 Å². The Bertz CT molecular complexity index is 779. The molecule has 2 aromatic rings. The van der Waals surface area contributed by atoms with Gasteiger partial charge in [-0.3, -0.25) is 10.1 Å². The van der Waals surface area contributed by atoms with E-state index in [-0.39, 0.29) is 17.1 Å². The lowest BCUT2D eigenvalue weighted by molar-refractivity contribution is 0.0973. The first-order valence-electron chi connectivity index (χ1n) is 8.07. The Kier molecular flexibility index (Phi) is 7.41. The maximum absolute atomic E-state index is 12.4. The van der Waals surface area contributed by atoms with Gasteiger partial charge in [0.25, 0.3) is 5.91 Å². The molecule has 0 aliphatic heterocycles. The lowest BCUT2D eigenvalue weighted by Crippen LogP contribution is -2.39. The van der Waals surface area contributed by atoms with Gasteiger partial charge >= 0.3 is 0 Å². The fraction of sp³-hybridized carbons (Fsp3) is 0.263. The number of carbonyl (C=O) groups excluding carboxylic acids is 1. The van der Waals surface area contributed by atoms with Gasteiger partial charge in [0.05, 0.1) is 18.8 Å². The molecule has 0 fully saturated rings. The van der Waals surface area contributed by atoms with E-state index < -0.39 is 0 Å². The Morgan fingerprint density at radius 3 is 2.50 bits per heavy atom. The molecule has 0 aliphatic carbocycles. The molecule has 0 atom stereocenters. The summed E-state index contributed by atoms with van der Waals surface area (Å²) in [4.78, 5) is 12.4. The molecule has 0 aromatic heterocycles. The number of hydrogen-bond acceptors (Lipinski definition) is 4. The zero-order valence-corrected chi connectivity index (χ0v) is 17.2. The molecule has 0 spiro atoms. The largest absolute Gasteiger partial charge is 0.496 e. The fourth-order valence-corrected chi connectivity index (χ4v) is 2.74. The van der Waals surface area contributed by atoms with Crippen LogP contribution in [0.4, 0.5) is 0 Å². The molecule has 0 saturated carbocycles. The van der Waals surface area contributed by atoms with Crippen molar-refractivity contribution in [1.29, 1.82) is 0 Å². The molecule has 138 valence electrons. The van der Waals surface area contributed by atoms with E-state index in [1.165, 1.54) is 7.11 Å². The van der Waals surface area contributed by atoms with Gasteiger partial charge in [0, 0.05) is 11.0 Å². The highest BCUT2D eigenvalue weighted by Gasteiger charge is 2.14. The SMILES string of the molecule is COc1ccc(Br)cc1C(=O)NC(=S)NCc1ccc(OC(C)C)cc1. The first kappa shape index (κ1) is 20.2. The predicted octanol–water partition coefficient (Wildman–Crippen LogP) is 4.05. The van der Waals surface area contributed by atoms with Crippen molar-refractivity contribution in [3.8, 4) is 11.5 Å². The van der Waals surface area contributed by atoms with Crippen LogP contribution in [0.25, 0.3) is 0 Å². The van der Waals surface area contributed by atoms with Crippen molar-refractivity contribution in [2.24, 2.45) is 0 Å². The summed E-state index contributed by atoms with van der Waals surface area (Å²) in [6, 6.07) is 12.9. The van der Waals surface area contributed by atoms with Crippen LogP contribution in [0.5, 0.6) is 11.5 Å². The summed E-state index contributed by atoms with van der Waals surface area (Å²) < 4.78 is 11.6. The third-order valence-electron chi connectivity index (χ3n) is 3.38. The number of halogens is 1. The van der Waals surface area contributed by atoms with Crippen molar-refractivity contribution in [3.05, 3.63) is 58.1 Å². The van der Waals surface area contributed by atoms with Crippen LogP contribution in [0.1, 0.15) is 29.8 Å². The average molecular weight is 437 g/mol. The summed E-state index contributed by atoms with van der Waals surface area (Å²) >= 11 is 8.55. The monoisotopic (exact) mass is 436 g/mol. The van der Waals surface area contributed by atoms with Crippen LogP contribution in [0.15, 0.2) is 46.9 Å². The summed E-state index contributed by atoms with van der Waals surface area (Å²) in [5.74, 6) is 0.969. The first-order chi connectivity index (χ1) is 12.4. The second kappa shape index (κ2) is 9.54. The number of hydrogen-bond donors (Lipinski definition) is 2. The number of ether oxygens (including phenoxy) is 2. The van der Waals surface area contributed by atoms with E-state index in [9.17, 15) is 4.79 Å². The van der Waals surface area contributed by atoms with E-state index in [1.807, 2.05) is 38.1 Å². The highest BCUT2D eigenvalue weighted by Crippen LogP contribution is 2.22. The van der Waals surface area contributed by atoms with Crippen LogP contribution in [0.3, 0.4) is 0 Å². The van der Waals surface area contributed by atoms with Crippen LogP contribution in [0.2, 0.25) is 0 Å². The highest BCUT2D eigenvalue weighted by molar-refractivity contribution is 9.10. The van der Waals surface area contributed by atoms with Crippen molar-refractivity contribution < 1.29 is 14.3 Å². The van der Waals surface area contributed by atoms with Crippen LogP contribution in [0, 0.1) is 0 Å². The van der Waals surface area contributed by atoms with E-state index in [2.05, 4.69) is 26.6 Å². The number of rotatable bonds is 6. The minimum absolute atomic E-state index is 0.136. The highest BCUT2D eigenvalue weighted by atomic mass is 79.9. The van der Waals surface area contributed by atoms with E-state index in [4.69, 9.17) is 21.7 Å². The second-order valence-corrected chi connectivity index (χ2v) is 7.12. The molecule has 5 nitrogen and oxygen atoms in total. The normalized spacial score (nSPS) is 10.3. The predicted molar refractivity (Wildman–Crippen MR) is 110 cm³/mol. The van der Waals surface area contributed by atoms with Crippen molar-refractivity contribution in [2.45, 2.75) is 26.5 Å². The lowest BCUT2D eigenvalue weighted by atomic mass is 10.2. The van der Waals surface area contributed by atoms with E-state index in [0.29, 0.717) is 17.9 Å². The zero-order valence-electron chi connectivity index (χ0n) is 14.8. The maximum Gasteiger partial charge on any atom is 0.261 e. The summed E-state index contributed by atoms with van der Waals surface area (Å²) in [5, 5.41) is 5.93. The van der Waals surface area contributed by atoms with Crippen LogP contribution < -0.4 is 20.1 Å². The Balaban J connectivity index is 1.90. The molecule has 7 heteroatoms. The van der Waals surface area contributed by atoms with Gasteiger partial charge in [0.1, 0.15) is 11.5 Å². The van der Waals surface area contributed by atoms with Crippen LogP contribution in [-0.4, -0.2) is 24.2 Å². The topological polar surface area (TPSA) is 59.6 Å². The van der Waals surface area contributed by atoms with Gasteiger partial charge in [-0.05, 0) is 62.0 Å². The van der Waals surface area contributed by atoms with Crippen molar-refractivity contribution in [1.82, 2.24) is 10.6 Å². The molecule has 2 N–H and O–H groups in total. The summed E-state index contributed by atoms with van der Waals surface area (Å²) in [7, 11) is 1.52. The minimum Gasteiger partial charge on any atom is -0.496 e. The average Bonchev–Trinajstić information content (AvgIpc) is 2.60. The summed E-state index contributed by atoms with van der Waals surface area (Å²) in [6.45, 7) is 4.46. The summed E-state index contributed by atoms with van der Waals surface area (Å²) in [6.07, 6.45) is 0.136. The molecule has 2 rings (SSSR count). The van der Waals surface area contributed by atoms with Gasteiger partial charge in [-0.25, -0.2) is 0 Å². The maximum atomic E-state index is 12.4. The molecule has 0 aliphatic rings. The van der Waals surface area contributed by atoms with Gasteiger partial charge in [-0.15, -0.1) is 0 Å². The van der Waals surface area contributed by atoms with Gasteiger partial charge in [0.15, 0.2) is 5.11 Å². The zero-order chi connectivity index (χ0) is 19.1. The van der Waals surface area contributed by atoms with E-state index in [0.717, 1.165) is 15.8 Å². The van der Waals surface area contributed by atoms with Gasteiger partial charge < -0.3 is 14.8 Å². The second-order valence-electron chi connectivity index (χ2n) is 5.79. The standard InChI is InChI=1S/C19H21BrN2O3S/c1-12(2)25-15-7-4-13(5-8-15)11-21-19(26)22-18(23)16-10-14(20)6-9-17(16)24-3/h4-10,12H,11H2,1-3H3,(H2,21,22,23,26). The number of nitrogens with one attached hydrogen (secondary N) is 2. The van der Waals surface area contributed by atoms with Crippen LogP contribution in [-0.2, 0) is 6.54 Å². The molecule has 0 heterocycles. The lowest BCUT2D eigenvalue weighted by Gasteiger charge is -2.13. The molecule has 0 radical (unpaired) electrons. The number of methoxy groups -OCH3 is 1.